The summed E-state index contributed by atoms with van der Waals surface area (Å²) in [6.07, 6.45) is -1.98. The van der Waals surface area contributed by atoms with E-state index in [1.165, 1.54) is 22.7 Å². The molecule has 2 aromatic heterocycles. The molecule has 2 atom stereocenters. The van der Waals surface area contributed by atoms with Gasteiger partial charge in [0.2, 0.25) is 11.8 Å². The largest absolute Gasteiger partial charge is 0.490 e. The number of pyridine rings is 1. The number of aromatic nitrogens is 3. The van der Waals surface area contributed by atoms with Gasteiger partial charge in [-0.25, -0.2) is 17.7 Å². The van der Waals surface area contributed by atoms with E-state index in [1.54, 1.807) is 18.3 Å². The number of nitrogens with zero attached hydrogens (tertiary/aromatic N) is 3. The van der Waals surface area contributed by atoms with E-state index >= 15 is 0 Å². The minimum atomic E-state index is -1.75. The van der Waals surface area contributed by atoms with Gasteiger partial charge in [0.05, 0.1) is 6.61 Å². The number of hydrogen-bond acceptors (Lipinski definition) is 5. The molecule has 2 unspecified atom stereocenters. The summed E-state index contributed by atoms with van der Waals surface area (Å²) in [5.74, 6) is -3.19. The van der Waals surface area contributed by atoms with Gasteiger partial charge < -0.3 is 15.6 Å². The van der Waals surface area contributed by atoms with Crippen LogP contribution in [0, 0.1) is 17.5 Å². The Balaban J connectivity index is 1.47. The average Bonchev–Trinajstić information content (AvgIpc) is 3.15. The molecular weight excluding hydrogens is 428 g/mol. The molecule has 0 saturated heterocycles. The van der Waals surface area contributed by atoms with Gasteiger partial charge in [0.15, 0.2) is 17.2 Å². The van der Waals surface area contributed by atoms with E-state index in [0.29, 0.717) is 16.8 Å². The van der Waals surface area contributed by atoms with Crippen LogP contribution >= 0.6 is 0 Å². The molecule has 166 valence electrons. The van der Waals surface area contributed by atoms with Gasteiger partial charge >= 0.3 is 0 Å². The summed E-state index contributed by atoms with van der Waals surface area (Å²) in [6, 6.07) is 10.3. The Bertz CT molecular complexity index is 1250. The van der Waals surface area contributed by atoms with Crippen molar-refractivity contribution in [3.63, 3.8) is 0 Å². The van der Waals surface area contributed by atoms with E-state index in [4.69, 9.17) is 10.5 Å². The lowest BCUT2D eigenvalue weighted by Crippen LogP contribution is -2.17. The highest BCUT2D eigenvalue weighted by atomic mass is 19.2. The lowest BCUT2D eigenvalue weighted by Gasteiger charge is -2.17. The van der Waals surface area contributed by atoms with Crippen molar-refractivity contribution in [3.8, 4) is 16.9 Å². The molecule has 0 fully saturated rings. The zero-order valence-corrected chi connectivity index (χ0v) is 16.6. The molecule has 0 bridgehead atoms. The Morgan fingerprint density at radius 3 is 2.53 bits per heavy atom. The minimum Gasteiger partial charge on any atom is -0.490 e. The molecular formula is C22H18F4N4O2. The number of alkyl halides is 1. The molecule has 0 radical (unpaired) electrons. The second-order valence-corrected chi connectivity index (χ2v) is 7.11. The SMILES string of the molecule is Nc1nc2cc(-c3cc(F)c(F)c(OCCC(F)C(O)c4ccc(F)cc4)c3)ccn2n1. The van der Waals surface area contributed by atoms with E-state index in [-0.39, 0.29) is 24.5 Å². The first-order valence-corrected chi connectivity index (χ1v) is 9.63. The number of halogens is 4. The minimum absolute atomic E-state index is 0.0695. The number of nitrogens with two attached hydrogens (primary N) is 1. The fourth-order valence-electron chi connectivity index (χ4n) is 3.22. The smallest absolute Gasteiger partial charge is 0.240 e. The Kier molecular flexibility index (Phi) is 5.95. The maximum absolute atomic E-state index is 14.3. The molecule has 10 heteroatoms. The topological polar surface area (TPSA) is 85.7 Å². The van der Waals surface area contributed by atoms with Gasteiger partial charge in [0.1, 0.15) is 18.1 Å². The van der Waals surface area contributed by atoms with E-state index < -0.39 is 35.5 Å². The van der Waals surface area contributed by atoms with Crippen molar-refractivity contribution in [2.45, 2.75) is 18.7 Å². The second kappa shape index (κ2) is 8.83. The quantitative estimate of drug-likeness (QED) is 0.415. The Labute approximate surface area is 179 Å². The van der Waals surface area contributed by atoms with Crippen LogP contribution in [0.25, 0.3) is 16.8 Å². The molecule has 3 N–H and O–H groups in total. The molecule has 2 heterocycles. The summed E-state index contributed by atoms with van der Waals surface area (Å²) in [7, 11) is 0. The summed E-state index contributed by atoms with van der Waals surface area (Å²) in [4.78, 5) is 4.02. The highest BCUT2D eigenvalue weighted by Gasteiger charge is 2.21. The predicted molar refractivity (Wildman–Crippen MR) is 109 cm³/mol. The van der Waals surface area contributed by atoms with Gasteiger partial charge in [-0.3, -0.25) is 0 Å². The zero-order valence-electron chi connectivity index (χ0n) is 16.6. The third-order valence-electron chi connectivity index (χ3n) is 4.89. The molecule has 0 amide bonds. The van der Waals surface area contributed by atoms with Crippen molar-refractivity contribution in [2.75, 3.05) is 12.3 Å². The lowest BCUT2D eigenvalue weighted by molar-refractivity contribution is 0.0627. The molecule has 0 spiro atoms. The maximum Gasteiger partial charge on any atom is 0.240 e. The summed E-state index contributed by atoms with van der Waals surface area (Å²) in [6.45, 7) is -0.320. The van der Waals surface area contributed by atoms with Crippen molar-refractivity contribution in [1.82, 2.24) is 14.6 Å². The number of rotatable bonds is 7. The van der Waals surface area contributed by atoms with Crippen molar-refractivity contribution in [3.05, 3.63) is 77.7 Å². The molecule has 0 aliphatic heterocycles. The lowest BCUT2D eigenvalue weighted by atomic mass is 10.0. The highest BCUT2D eigenvalue weighted by molar-refractivity contribution is 5.69. The maximum atomic E-state index is 14.3. The number of anilines is 1. The predicted octanol–water partition coefficient (Wildman–Crippen LogP) is 4.24. The number of aliphatic hydroxyl groups excluding tert-OH is 1. The van der Waals surface area contributed by atoms with Crippen molar-refractivity contribution in [2.24, 2.45) is 0 Å². The summed E-state index contributed by atoms with van der Waals surface area (Å²) >= 11 is 0. The molecule has 2 aromatic carbocycles. The Morgan fingerprint density at radius 1 is 1.03 bits per heavy atom. The first-order valence-electron chi connectivity index (χ1n) is 9.63. The number of fused-ring (bicyclic) bond motifs is 1. The van der Waals surface area contributed by atoms with Crippen molar-refractivity contribution < 1.29 is 27.4 Å². The molecule has 4 aromatic rings. The third-order valence-corrected chi connectivity index (χ3v) is 4.89. The zero-order chi connectivity index (χ0) is 22.8. The van der Waals surface area contributed by atoms with Crippen LogP contribution in [0.2, 0.25) is 0 Å². The summed E-state index contributed by atoms with van der Waals surface area (Å²) in [5.41, 5.74) is 7.00. The monoisotopic (exact) mass is 446 g/mol. The van der Waals surface area contributed by atoms with Gasteiger partial charge in [-0.1, -0.05) is 12.1 Å². The number of benzene rings is 2. The fourth-order valence-corrected chi connectivity index (χ4v) is 3.22. The van der Waals surface area contributed by atoms with E-state index in [2.05, 4.69) is 10.1 Å². The molecule has 0 aliphatic carbocycles. The number of nitrogen functional groups attached to an aromatic ring is 1. The van der Waals surface area contributed by atoms with Crippen LogP contribution in [0.4, 0.5) is 23.5 Å². The fraction of sp³-hybridized carbons (Fsp3) is 0.182. The van der Waals surface area contributed by atoms with Crippen LogP contribution in [-0.2, 0) is 0 Å². The van der Waals surface area contributed by atoms with Crippen LogP contribution in [0.3, 0.4) is 0 Å². The van der Waals surface area contributed by atoms with Crippen LogP contribution in [0.1, 0.15) is 18.1 Å². The van der Waals surface area contributed by atoms with Crippen LogP contribution in [0.5, 0.6) is 5.75 Å². The molecule has 0 aliphatic rings. The third kappa shape index (κ3) is 4.50. The molecule has 0 saturated carbocycles. The molecule has 32 heavy (non-hydrogen) atoms. The van der Waals surface area contributed by atoms with Gasteiger partial charge in [0.25, 0.3) is 0 Å². The van der Waals surface area contributed by atoms with Gasteiger partial charge in [-0.2, -0.15) is 9.37 Å². The second-order valence-electron chi connectivity index (χ2n) is 7.11. The van der Waals surface area contributed by atoms with Gasteiger partial charge in [-0.05, 0) is 53.1 Å². The van der Waals surface area contributed by atoms with Crippen molar-refractivity contribution >= 4 is 11.6 Å². The first-order chi connectivity index (χ1) is 15.3. The van der Waals surface area contributed by atoms with Crippen LogP contribution in [-0.4, -0.2) is 32.5 Å². The molecule has 6 nitrogen and oxygen atoms in total. The average molecular weight is 446 g/mol. The number of ether oxygens (including phenoxy) is 1. The number of hydrogen-bond donors (Lipinski definition) is 2. The summed E-state index contributed by atoms with van der Waals surface area (Å²) in [5, 5.41) is 14.0. The first kappa shape index (κ1) is 21.6. The van der Waals surface area contributed by atoms with E-state index in [1.807, 2.05) is 0 Å². The Hall–Kier alpha value is -3.66. The van der Waals surface area contributed by atoms with E-state index in [9.17, 15) is 22.7 Å². The summed E-state index contributed by atoms with van der Waals surface area (Å²) < 4.78 is 62.4. The molecule has 4 rings (SSSR count). The highest BCUT2D eigenvalue weighted by Crippen LogP contribution is 2.30. The van der Waals surface area contributed by atoms with Crippen molar-refractivity contribution in [1.29, 1.82) is 0 Å². The van der Waals surface area contributed by atoms with Gasteiger partial charge in [0, 0.05) is 12.6 Å². The Morgan fingerprint density at radius 2 is 1.78 bits per heavy atom. The van der Waals surface area contributed by atoms with Crippen LogP contribution < -0.4 is 10.5 Å². The van der Waals surface area contributed by atoms with Crippen LogP contribution in [0.15, 0.2) is 54.7 Å². The van der Waals surface area contributed by atoms with Gasteiger partial charge in [-0.15, -0.1) is 5.10 Å². The standard InChI is InChI=1S/C22H18F4N4O2/c23-15-3-1-12(2-4-15)21(31)16(24)6-8-32-18-10-14(9-17(25)20(18)26)13-5-7-30-19(11-13)28-22(27)29-30/h1-5,7,9-11,16,21,31H,6,8H2,(H2,27,29). The normalized spacial score (nSPS) is 13.3. The van der Waals surface area contributed by atoms with E-state index in [0.717, 1.165) is 18.2 Å². The number of aliphatic hydroxyl groups is 1.